The van der Waals surface area contributed by atoms with Crippen molar-refractivity contribution in [3.8, 4) is 5.75 Å². The zero-order valence-corrected chi connectivity index (χ0v) is 24.3. The number of aromatic nitrogens is 1. The van der Waals surface area contributed by atoms with Gasteiger partial charge in [-0.05, 0) is 54.8 Å². The third kappa shape index (κ3) is 7.54. The molecular formula is C30H32F3N3O6S. The fourth-order valence-corrected chi connectivity index (χ4v) is 5.90. The maximum absolute atomic E-state index is 13.2. The SMILES string of the molecule is CC(Cc1c(C(=O)O)n(Cc2cccc(S(=O)(=O)N(C)C(F)(F)F)c2)c2ccccc12)NCC(O)COc1ccccc1. The van der Waals surface area contributed by atoms with Crippen molar-refractivity contribution in [3.63, 3.8) is 0 Å². The molecule has 0 amide bonds. The average molecular weight is 620 g/mol. The number of sulfonamides is 1. The second-order valence-electron chi connectivity index (χ2n) is 10.1. The van der Waals surface area contributed by atoms with Crippen LogP contribution < -0.4 is 10.1 Å². The Morgan fingerprint density at radius 2 is 1.72 bits per heavy atom. The topological polar surface area (TPSA) is 121 Å². The van der Waals surface area contributed by atoms with Gasteiger partial charge >= 0.3 is 12.3 Å². The Morgan fingerprint density at radius 1 is 1.05 bits per heavy atom. The summed E-state index contributed by atoms with van der Waals surface area (Å²) < 4.78 is 71.1. The molecule has 4 rings (SSSR count). The Labute approximate surface area is 247 Å². The first-order valence-electron chi connectivity index (χ1n) is 13.4. The normalized spacial score (nSPS) is 13.7. The van der Waals surface area contributed by atoms with Gasteiger partial charge in [0.2, 0.25) is 10.0 Å². The molecule has 2 atom stereocenters. The van der Waals surface area contributed by atoms with Gasteiger partial charge in [0.05, 0.1) is 4.90 Å². The van der Waals surface area contributed by atoms with Gasteiger partial charge in [0.1, 0.15) is 24.2 Å². The monoisotopic (exact) mass is 619 g/mol. The van der Waals surface area contributed by atoms with Gasteiger partial charge in [-0.2, -0.15) is 13.2 Å². The number of hydrogen-bond acceptors (Lipinski definition) is 6. The van der Waals surface area contributed by atoms with E-state index in [1.807, 2.05) is 25.1 Å². The van der Waals surface area contributed by atoms with Crippen molar-refractivity contribution >= 4 is 26.9 Å². The van der Waals surface area contributed by atoms with Crippen molar-refractivity contribution < 1.29 is 41.3 Å². The van der Waals surface area contributed by atoms with Crippen LogP contribution in [0.2, 0.25) is 0 Å². The molecule has 43 heavy (non-hydrogen) atoms. The number of carboxylic acids is 1. The zero-order chi connectivity index (χ0) is 31.4. The van der Waals surface area contributed by atoms with Crippen molar-refractivity contribution in [3.05, 3.63) is 95.7 Å². The van der Waals surface area contributed by atoms with Gasteiger partial charge in [-0.15, -0.1) is 4.31 Å². The number of hydrogen-bond donors (Lipinski definition) is 3. The van der Waals surface area contributed by atoms with E-state index >= 15 is 0 Å². The summed E-state index contributed by atoms with van der Waals surface area (Å²) in [5.41, 5.74) is 1.38. The molecule has 3 aromatic carbocycles. The van der Waals surface area contributed by atoms with Crippen LogP contribution in [0.15, 0.2) is 83.8 Å². The molecule has 0 radical (unpaired) electrons. The van der Waals surface area contributed by atoms with Gasteiger partial charge < -0.3 is 24.8 Å². The summed E-state index contributed by atoms with van der Waals surface area (Å²) in [6, 6.07) is 20.8. The van der Waals surface area contributed by atoms with E-state index in [4.69, 9.17) is 4.74 Å². The number of nitrogens with one attached hydrogen (secondary N) is 1. The molecule has 0 spiro atoms. The van der Waals surface area contributed by atoms with E-state index in [9.17, 15) is 36.6 Å². The van der Waals surface area contributed by atoms with E-state index in [1.165, 1.54) is 16.7 Å². The fraction of sp³-hybridized carbons (Fsp3) is 0.300. The third-order valence-corrected chi connectivity index (χ3v) is 8.71. The van der Waals surface area contributed by atoms with Crippen LogP contribution in [0, 0.1) is 0 Å². The number of aromatic carboxylic acids is 1. The Bertz CT molecular complexity index is 1680. The van der Waals surface area contributed by atoms with E-state index in [-0.39, 0.29) is 37.9 Å². The molecule has 0 aliphatic carbocycles. The summed E-state index contributed by atoms with van der Waals surface area (Å²) >= 11 is 0. The fourth-order valence-electron chi connectivity index (χ4n) is 4.76. The van der Waals surface area contributed by atoms with E-state index < -0.39 is 37.6 Å². The van der Waals surface area contributed by atoms with Crippen LogP contribution in [-0.4, -0.2) is 72.1 Å². The number of benzene rings is 3. The Morgan fingerprint density at radius 3 is 2.40 bits per heavy atom. The molecule has 0 saturated heterocycles. The molecule has 9 nitrogen and oxygen atoms in total. The van der Waals surface area contributed by atoms with Crippen molar-refractivity contribution in [1.82, 2.24) is 14.2 Å². The van der Waals surface area contributed by atoms with Gasteiger partial charge in [0.15, 0.2) is 0 Å². The Hall–Kier alpha value is -3.91. The first-order valence-corrected chi connectivity index (χ1v) is 14.8. The van der Waals surface area contributed by atoms with Crippen molar-refractivity contribution in [1.29, 1.82) is 0 Å². The highest BCUT2D eigenvalue weighted by Crippen LogP contribution is 2.30. The average Bonchev–Trinajstić information content (AvgIpc) is 3.27. The smallest absolute Gasteiger partial charge is 0.473 e. The van der Waals surface area contributed by atoms with Crippen LogP contribution in [0.5, 0.6) is 5.75 Å². The van der Waals surface area contributed by atoms with Crippen LogP contribution in [0.25, 0.3) is 10.9 Å². The molecule has 13 heteroatoms. The van der Waals surface area contributed by atoms with Crippen molar-refractivity contribution in [2.45, 2.75) is 43.2 Å². The highest BCUT2D eigenvalue weighted by Gasteiger charge is 2.43. The predicted octanol–water partition coefficient (Wildman–Crippen LogP) is 4.49. The van der Waals surface area contributed by atoms with Gasteiger partial charge in [-0.3, -0.25) is 0 Å². The number of carbonyl (C=O) groups is 1. The van der Waals surface area contributed by atoms with Gasteiger partial charge in [-0.25, -0.2) is 13.2 Å². The maximum Gasteiger partial charge on any atom is 0.473 e. The molecule has 230 valence electrons. The molecule has 0 saturated carbocycles. The second kappa shape index (κ2) is 13.2. The number of aliphatic hydroxyl groups is 1. The molecule has 3 N–H and O–H groups in total. The first kappa shape index (κ1) is 32.0. The lowest BCUT2D eigenvalue weighted by Crippen LogP contribution is -2.39. The molecule has 0 fully saturated rings. The molecule has 2 unspecified atom stereocenters. The first-order chi connectivity index (χ1) is 20.3. The van der Waals surface area contributed by atoms with E-state index in [2.05, 4.69) is 5.32 Å². The van der Waals surface area contributed by atoms with Gasteiger partial charge in [0, 0.05) is 37.1 Å². The standard InChI is InChI=1S/C30H32F3N3O6S/c1-20(34-17-22(37)19-42-23-10-4-3-5-11-23)15-26-25-13-6-7-14-27(25)36(28(26)29(38)39)18-21-9-8-12-24(16-21)43(40,41)35(2)30(31,32)33/h3-14,16,20,22,34,37H,15,17-19H2,1-2H3,(H,38,39). The molecule has 1 aromatic heterocycles. The molecule has 0 bridgehead atoms. The summed E-state index contributed by atoms with van der Waals surface area (Å²) in [6.07, 6.45) is -5.64. The molecule has 0 aliphatic heterocycles. The largest absolute Gasteiger partial charge is 0.491 e. The van der Waals surface area contributed by atoms with E-state index in [0.717, 1.165) is 12.1 Å². The highest BCUT2D eigenvalue weighted by molar-refractivity contribution is 7.89. The van der Waals surface area contributed by atoms with E-state index in [0.29, 0.717) is 34.8 Å². The number of ether oxygens (including phenoxy) is 1. The van der Waals surface area contributed by atoms with Crippen molar-refractivity contribution in [2.24, 2.45) is 0 Å². The van der Waals surface area contributed by atoms with Crippen molar-refractivity contribution in [2.75, 3.05) is 20.2 Å². The summed E-state index contributed by atoms with van der Waals surface area (Å²) in [6.45, 7) is 2.02. The van der Waals surface area contributed by atoms with Crippen LogP contribution in [-0.2, 0) is 23.0 Å². The number of halogens is 3. The number of alkyl halides is 3. The zero-order valence-electron chi connectivity index (χ0n) is 23.5. The minimum atomic E-state index is -5.10. The highest BCUT2D eigenvalue weighted by atomic mass is 32.2. The van der Waals surface area contributed by atoms with Gasteiger partial charge in [0.25, 0.3) is 0 Å². The summed E-state index contributed by atoms with van der Waals surface area (Å²) in [5, 5.41) is 24.5. The Balaban J connectivity index is 1.57. The maximum atomic E-state index is 13.2. The number of carboxylic acid groups (broad SMARTS) is 1. The lowest BCUT2D eigenvalue weighted by molar-refractivity contribution is -0.202. The Kier molecular flexibility index (Phi) is 9.80. The number of aliphatic hydroxyl groups excluding tert-OH is 1. The van der Waals surface area contributed by atoms with Crippen LogP contribution >= 0.6 is 0 Å². The number of fused-ring (bicyclic) bond motifs is 1. The van der Waals surface area contributed by atoms with Crippen LogP contribution in [0.1, 0.15) is 28.5 Å². The predicted molar refractivity (Wildman–Crippen MR) is 155 cm³/mol. The lowest BCUT2D eigenvalue weighted by Gasteiger charge is -2.20. The molecule has 0 aliphatic rings. The molecule has 4 aromatic rings. The second-order valence-corrected chi connectivity index (χ2v) is 12.1. The summed E-state index contributed by atoms with van der Waals surface area (Å²) in [4.78, 5) is 12.0. The summed E-state index contributed by atoms with van der Waals surface area (Å²) in [5.74, 6) is -0.584. The minimum absolute atomic E-state index is 0.0246. The minimum Gasteiger partial charge on any atom is -0.491 e. The number of para-hydroxylation sites is 2. The van der Waals surface area contributed by atoms with E-state index in [1.54, 1.807) is 36.4 Å². The molecule has 1 heterocycles. The quantitative estimate of drug-likeness (QED) is 0.189. The number of nitrogens with zero attached hydrogens (tertiary/aromatic N) is 2. The van der Waals surface area contributed by atoms with Crippen LogP contribution in [0.4, 0.5) is 13.2 Å². The summed E-state index contributed by atoms with van der Waals surface area (Å²) in [7, 11) is -4.45. The lowest BCUT2D eigenvalue weighted by atomic mass is 10.0. The van der Waals surface area contributed by atoms with Gasteiger partial charge in [-0.1, -0.05) is 48.5 Å². The third-order valence-electron chi connectivity index (χ3n) is 6.93. The van der Waals surface area contributed by atoms with Crippen LogP contribution in [0.3, 0.4) is 0 Å². The molecular weight excluding hydrogens is 587 g/mol. The number of rotatable bonds is 13.